The molecule has 0 fully saturated rings. The van der Waals surface area contributed by atoms with Crippen LogP contribution in [0.15, 0.2) is 78.9 Å². The molecule has 3 rings (SSSR count). The summed E-state index contributed by atoms with van der Waals surface area (Å²) in [7, 11) is 2.07. The maximum Gasteiger partial charge on any atom is 0.123 e. The summed E-state index contributed by atoms with van der Waals surface area (Å²) >= 11 is 0. The van der Waals surface area contributed by atoms with E-state index in [2.05, 4.69) is 24.1 Å². The number of halogens is 2. The Labute approximate surface area is 153 Å². The molecule has 26 heavy (non-hydrogen) atoms. The van der Waals surface area contributed by atoms with Gasteiger partial charge in [0, 0.05) is 12.5 Å². The summed E-state index contributed by atoms with van der Waals surface area (Å²) in [6, 6.07) is 23.5. The predicted octanol–water partition coefficient (Wildman–Crippen LogP) is 5.62. The van der Waals surface area contributed by atoms with Crippen LogP contribution in [0.1, 0.15) is 29.0 Å². The molecule has 0 unspecified atom stereocenters. The van der Waals surface area contributed by atoms with Crippen molar-refractivity contribution in [2.45, 2.75) is 18.9 Å². The second kappa shape index (κ2) is 8.72. The summed E-state index contributed by atoms with van der Waals surface area (Å²) < 4.78 is 27.4. The van der Waals surface area contributed by atoms with Crippen molar-refractivity contribution in [2.75, 3.05) is 13.6 Å². The van der Waals surface area contributed by atoms with Crippen LogP contribution in [0.4, 0.5) is 8.78 Å². The summed E-state index contributed by atoms with van der Waals surface area (Å²) in [5.74, 6) is -0.567. The molecular formula is C23H23F2N. The van der Waals surface area contributed by atoms with Crippen molar-refractivity contribution >= 4 is 0 Å². The van der Waals surface area contributed by atoms with Gasteiger partial charge in [-0.05, 0) is 61.0 Å². The fourth-order valence-electron chi connectivity index (χ4n) is 3.30. The molecule has 1 nitrogen and oxygen atoms in total. The van der Waals surface area contributed by atoms with Gasteiger partial charge in [0.2, 0.25) is 0 Å². The molecule has 3 aromatic rings. The highest BCUT2D eigenvalue weighted by atomic mass is 19.1. The standard InChI is InChI=1S/C23H23F2N/c1-26(17-18-7-3-2-4-8-18)14-13-23(19-9-5-11-21(24)15-19)20-10-6-12-22(25)16-20/h2-12,15-16,23H,13-14,17H2,1H3. The Hall–Kier alpha value is -2.52. The second-order valence-corrected chi connectivity index (χ2v) is 6.67. The Morgan fingerprint density at radius 1 is 0.769 bits per heavy atom. The molecule has 0 aromatic heterocycles. The monoisotopic (exact) mass is 351 g/mol. The molecule has 0 N–H and O–H groups in total. The minimum atomic E-state index is -0.262. The van der Waals surface area contributed by atoms with Crippen LogP contribution in [0.2, 0.25) is 0 Å². The average molecular weight is 351 g/mol. The first-order chi connectivity index (χ1) is 12.6. The van der Waals surface area contributed by atoms with Crippen LogP contribution < -0.4 is 0 Å². The van der Waals surface area contributed by atoms with Gasteiger partial charge in [0.05, 0.1) is 0 Å². The molecule has 0 atom stereocenters. The summed E-state index contributed by atoms with van der Waals surface area (Å²) in [5.41, 5.74) is 3.01. The van der Waals surface area contributed by atoms with E-state index < -0.39 is 0 Å². The third-order valence-corrected chi connectivity index (χ3v) is 4.60. The van der Waals surface area contributed by atoms with E-state index in [1.165, 1.54) is 17.7 Å². The first-order valence-electron chi connectivity index (χ1n) is 8.85. The van der Waals surface area contributed by atoms with Gasteiger partial charge in [-0.2, -0.15) is 0 Å². The lowest BCUT2D eigenvalue weighted by Crippen LogP contribution is -2.21. The van der Waals surface area contributed by atoms with Gasteiger partial charge in [-0.15, -0.1) is 0 Å². The Balaban J connectivity index is 1.75. The Bertz CT molecular complexity index is 787. The molecule has 0 radical (unpaired) electrons. The minimum absolute atomic E-state index is 0.0420. The molecule has 0 aliphatic carbocycles. The quantitative estimate of drug-likeness (QED) is 0.534. The zero-order valence-corrected chi connectivity index (χ0v) is 14.9. The lowest BCUT2D eigenvalue weighted by molar-refractivity contribution is 0.316. The van der Waals surface area contributed by atoms with Gasteiger partial charge in [0.1, 0.15) is 11.6 Å². The van der Waals surface area contributed by atoms with Gasteiger partial charge in [0.15, 0.2) is 0 Å². The third-order valence-electron chi connectivity index (χ3n) is 4.60. The van der Waals surface area contributed by atoms with Crippen molar-refractivity contribution in [3.05, 3.63) is 107 Å². The second-order valence-electron chi connectivity index (χ2n) is 6.67. The molecule has 0 amide bonds. The van der Waals surface area contributed by atoms with Crippen LogP contribution in [-0.2, 0) is 6.54 Å². The Morgan fingerprint density at radius 3 is 1.88 bits per heavy atom. The first kappa shape index (κ1) is 18.3. The van der Waals surface area contributed by atoms with E-state index in [0.717, 1.165) is 30.6 Å². The van der Waals surface area contributed by atoms with Crippen molar-refractivity contribution in [3.63, 3.8) is 0 Å². The van der Waals surface area contributed by atoms with Crippen LogP contribution in [-0.4, -0.2) is 18.5 Å². The average Bonchev–Trinajstić information content (AvgIpc) is 2.63. The molecule has 0 saturated heterocycles. The van der Waals surface area contributed by atoms with Crippen molar-refractivity contribution in [3.8, 4) is 0 Å². The van der Waals surface area contributed by atoms with Gasteiger partial charge in [-0.25, -0.2) is 8.78 Å². The van der Waals surface area contributed by atoms with E-state index in [4.69, 9.17) is 0 Å². The number of rotatable bonds is 7. The smallest absolute Gasteiger partial charge is 0.123 e. The summed E-state index contributed by atoms with van der Waals surface area (Å²) in [4.78, 5) is 2.24. The SMILES string of the molecule is CN(CCC(c1cccc(F)c1)c1cccc(F)c1)Cc1ccccc1. The van der Waals surface area contributed by atoms with E-state index >= 15 is 0 Å². The highest BCUT2D eigenvalue weighted by Gasteiger charge is 2.16. The summed E-state index contributed by atoms with van der Waals surface area (Å²) in [6.07, 6.45) is 0.788. The third kappa shape index (κ3) is 4.99. The fraction of sp³-hybridized carbons (Fsp3) is 0.217. The zero-order valence-electron chi connectivity index (χ0n) is 14.9. The van der Waals surface area contributed by atoms with E-state index in [-0.39, 0.29) is 17.6 Å². The van der Waals surface area contributed by atoms with Crippen molar-refractivity contribution in [1.82, 2.24) is 4.90 Å². The first-order valence-corrected chi connectivity index (χ1v) is 8.85. The maximum atomic E-state index is 13.7. The molecule has 0 bridgehead atoms. The highest BCUT2D eigenvalue weighted by molar-refractivity contribution is 5.33. The van der Waals surface area contributed by atoms with Crippen molar-refractivity contribution in [1.29, 1.82) is 0 Å². The molecule has 134 valence electrons. The molecule has 0 aliphatic heterocycles. The Morgan fingerprint density at radius 2 is 1.35 bits per heavy atom. The van der Waals surface area contributed by atoms with Gasteiger partial charge in [0.25, 0.3) is 0 Å². The van der Waals surface area contributed by atoms with Crippen molar-refractivity contribution in [2.24, 2.45) is 0 Å². The van der Waals surface area contributed by atoms with Crippen LogP contribution in [0.3, 0.4) is 0 Å². The molecule has 3 aromatic carbocycles. The largest absolute Gasteiger partial charge is 0.302 e. The fourth-order valence-corrected chi connectivity index (χ4v) is 3.30. The summed E-state index contributed by atoms with van der Waals surface area (Å²) in [5, 5.41) is 0. The van der Waals surface area contributed by atoms with Gasteiger partial charge >= 0.3 is 0 Å². The number of benzene rings is 3. The minimum Gasteiger partial charge on any atom is -0.302 e. The topological polar surface area (TPSA) is 3.24 Å². The van der Waals surface area contributed by atoms with E-state index in [9.17, 15) is 8.78 Å². The molecule has 0 saturated carbocycles. The predicted molar refractivity (Wildman–Crippen MR) is 102 cm³/mol. The molecule has 0 heterocycles. The van der Waals surface area contributed by atoms with E-state index in [0.29, 0.717) is 0 Å². The normalized spacial score (nSPS) is 11.3. The number of nitrogens with zero attached hydrogens (tertiary/aromatic N) is 1. The maximum absolute atomic E-state index is 13.7. The van der Waals surface area contributed by atoms with Gasteiger partial charge < -0.3 is 4.90 Å². The molecule has 0 spiro atoms. The number of hydrogen-bond acceptors (Lipinski definition) is 1. The molecule has 3 heteroatoms. The van der Waals surface area contributed by atoms with Crippen LogP contribution in [0.5, 0.6) is 0 Å². The summed E-state index contributed by atoms with van der Waals surface area (Å²) in [6.45, 7) is 1.67. The Kier molecular flexibility index (Phi) is 6.13. The van der Waals surface area contributed by atoms with Gasteiger partial charge in [-0.1, -0.05) is 54.6 Å². The molecular weight excluding hydrogens is 328 g/mol. The van der Waals surface area contributed by atoms with Gasteiger partial charge in [-0.3, -0.25) is 0 Å². The van der Waals surface area contributed by atoms with Crippen LogP contribution in [0.25, 0.3) is 0 Å². The highest BCUT2D eigenvalue weighted by Crippen LogP contribution is 2.29. The lowest BCUT2D eigenvalue weighted by Gasteiger charge is -2.23. The van der Waals surface area contributed by atoms with Crippen LogP contribution >= 0.6 is 0 Å². The lowest BCUT2D eigenvalue weighted by atomic mass is 9.88. The number of hydrogen-bond donors (Lipinski definition) is 0. The van der Waals surface area contributed by atoms with Crippen molar-refractivity contribution < 1.29 is 8.78 Å². The van der Waals surface area contributed by atoms with Crippen LogP contribution in [0, 0.1) is 11.6 Å². The van der Waals surface area contributed by atoms with E-state index in [1.807, 2.05) is 30.3 Å². The molecule has 0 aliphatic rings. The van der Waals surface area contributed by atoms with E-state index in [1.54, 1.807) is 24.3 Å². The zero-order chi connectivity index (χ0) is 18.4.